The van der Waals surface area contributed by atoms with Gasteiger partial charge in [-0.3, -0.25) is 4.79 Å². The zero-order chi connectivity index (χ0) is 22.6. The van der Waals surface area contributed by atoms with Crippen molar-refractivity contribution >= 4 is 27.3 Å². The van der Waals surface area contributed by atoms with Crippen LogP contribution < -0.4 is 10.2 Å². The van der Waals surface area contributed by atoms with E-state index in [1.165, 1.54) is 47.5 Å². The number of hydrogen-bond donors (Lipinski definition) is 1. The van der Waals surface area contributed by atoms with E-state index >= 15 is 0 Å². The number of sulfonamides is 1. The van der Waals surface area contributed by atoms with Gasteiger partial charge < -0.3 is 10.2 Å². The molecule has 0 atom stereocenters. The molecule has 2 saturated heterocycles. The van der Waals surface area contributed by atoms with Crippen LogP contribution in [0.25, 0.3) is 0 Å². The van der Waals surface area contributed by atoms with Crippen molar-refractivity contribution in [3.05, 3.63) is 59.9 Å². The molecule has 2 heterocycles. The van der Waals surface area contributed by atoms with Gasteiger partial charge in [-0.25, -0.2) is 17.1 Å². The average molecular weight is 460 g/mol. The number of benzene rings is 2. The van der Waals surface area contributed by atoms with Crippen LogP contribution in [0, 0.1) is 11.7 Å². The lowest BCUT2D eigenvalue weighted by Crippen LogP contribution is -2.42. The van der Waals surface area contributed by atoms with E-state index in [0.717, 1.165) is 18.8 Å². The van der Waals surface area contributed by atoms with Crippen LogP contribution in [0.1, 0.15) is 37.7 Å². The molecule has 1 N–H and O–H groups in total. The lowest BCUT2D eigenvalue weighted by molar-refractivity contribution is -0.120. The van der Waals surface area contributed by atoms with E-state index in [1.807, 2.05) is 24.3 Å². The largest absolute Gasteiger partial charge is 0.372 e. The minimum Gasteiger partial charge on any atom is -0.372 e. The van der Waals surface area contributed by atoms with E-state index in [9.17, 15) is 17.6 Å². The smallest absolute Gasteiger partial charge is 0.227 e. The number of nitrogens with one attached hydrogen (secondary N) is 1. The van der Waals surface area contributed by atoms with Gasteiger partial charge in [0.1, 0.15) is 5.82 Å². The number of carbonyl (C=O) groups is 1. The maximum absolute atomic E-state index is 13.9. The number of hydrogen-bond acceptors (Lipinski definition) is 4. The topological polar surface area (TPSA) is 69.7 Å². The summed E-state index contributed by atoms with van der Waals surface area (Å²) in [5, 5.41) is 2.97. The summed E-state index contributed by atoms with van der Waals surface area (Å²) < 4.78 is 40.6. The van der Waals surface area contributed by atoms with E-state index < -0.39 is 15.8 Å². The third kappa shape index (κ3) is 5.48. The van der Waals surface area contributed by atoms with Crippen molar-refractivity contribution in [1.82, 2.24) is 4.31 Å². The molecular weight excluding hydrogens is 429 g/mol. The monoisotopic (exact) mass is 459 g/mol. The van der Waals surface area contributed by atoms with Gasteiger partial charge in [0, 0.05) is 49.0 Å². The average Bonchev–Trinajstić information content (AvgIpc) is 2.81. The van der Waals surface area contributed by atoms with Gasteiger partial charge in [0.25, 0.3) is 0 Å². The molecule has 2 aromatic rings. The van der Waals surface area contributed by atoms with Crippen LogP contribution in [0.4, 0.5) is 15.8 Å². The second-order valence-electron chi connectivity index (χ2n) is 8.60. The van der Waals surface area contributed by atoms with Gasteiger partial charge in [-0.05, 0) is 62.4 Å². The Hall–Kier alpha value is -2.45. The van der Waals surface area contributed by atoms with Crippen molar-refractivity contribution < 1.29 is 17.6 Å². The molecule has 0 radical (unpaired) electrons. The van der Waals surface area contributed by atoms with Crippen LogP contribution in [-0.2, 0) is 20.6 Å². The third-order valence-electron chi connectivity index (χ3n) is 6.37. The highest BCUT2D eigenvalue weighted by atomic mass is 32.2. The number of halogens is 1. The normalized spacial score (nSPS) is 18.5. The van der Waals surface area contributed by atoms with Crippen molar-refractivity contribution in [2.24, 2.45) is 5.92 Å². The first-order valence-electron chi connectivity index (χ1n) is 11.3. The number of carbonyl (C=O) groups excluding carboxylic acids is 1. The van der Waals surface area contributed by atoms with Crippen LogP contribution in [0.15, 0.2) is 48.5 Å². The number of piperidine rings is 2. The molecule has 0 unspecified atom stereocenters. The van der Waals surface area contributed by atoms with Gasteiger partial charge in [0.15, 0.2) is 0 Å². The summed E-state index contributed by atoms with van der Waals surface area (Å²) in [4.78, 5) is 15.1. The molecule has 32 heavy (non-hydrogen) atoms. The molecule has 2 fully saturated rings. The first kappa shape index (κ1) is 22.7. The summed E-state index contributed by atoms with van der Waals surface area (Å²) in [5.41, 5.74) is 2.10. The molecule has 0 saturated carbocycles. The fourth-order valence-electron chi connectivity index (χ4n) is 4.45. The van der Waals surface area contributed by atoms with E-state index in [-0.39, 0.29) is 36.2 Å². The lowest BCUT2D eigenvalue weighted by atomic mass is 9.97. The quantitative estimate of drug-likeness (QED) is 0.709. The molecule has 0 bridgehead atoms. The molecule has 0 aromatic heterocycles. The highest BCUT2D eigenvalue weighted by Gasteiger charge is 2.31. The van der Waals surface area contributed by atoms with Crippen molar-refractivity contribution in [2.45, 2.75) is 37.9 Å². The highest BCUT2D eigenvalue weighted by Crippen LogP contribution is 2.25. The van der Waals surface area contributed by atoms with Gasteiger partial charge in [-0.1, -0.05) is 18.2 Å². The Kier molecular flexibility index (Phi) is 7.10. The highest BCUT2D eigenvalue weighted by molar-refractivity contribution is 7.88. The third-order valence-corrected chi connectivity index (χ3v) is 8.20. The van der Waals surface area contributed by atoms with Gasteiger partial charge in [0.05, 0.1) is 5.75 Å². The van der Waals surface area contributed by atoms with Gasteiger partial charge >= 0.3 is 0 Å². The van der Waals surface area contributed by atoms with E-state index in [4.69, 9.17) is 0 Å². The van der Waals surface area contributed by atoms with Gasteiger partial charge in [-0.15, -0.1) is 0 Å². The SMILES string of the molecule is O=C(Nc1ccc(N2CCCCC2)cc1)C1CCN(S(=O)(=O)Cc2ccccc2F)CC1. The molecule has 4 rings (SSSR count). The number of nitrogens with zero attached hydrogens (tertiary/aromatic N) is 2. The van der Waals surface area contributed by atoms with Gasteiger partial charge in [-0.2, -0.15) is 0 Å². The Balaban J connectivity index is 1.29. The van der Waals surface area contributed by atoms with Crippen molar-refractivity contribution in [3.8, 4) is 0 Å². The van der Waals surface area contributed by atoms with Gasteiger partial charge in [0.2, 0.25) is 15.9 Å². The molecule has 6 nitrogen and oxygen atoms in total. The Morgan fingerprint density at radius 2 is 1.59 bits per heavy atom. The van der Waals surface area contributed by atoms with Crippen LogP contribution in [0.2, 0.25) is 0 Å². The molecule has 1 amide bonds. The maximum atomic E-state index is 13.9. The Labute approximate surface area is 189 Å². The lowest BCUT2D eigenvalue weighted by Gasteiger charge is -2.31. The first-order valence-corrected chi connectivity index (χ1v) is 12.9. The predicted molar refractivity (Wildman–Crippen MR) is 124 cm³/mol. The fraction of sp³-hybridized carbons (Fsp3) is 0.458. The molecule has 2 aliphatic heterocycles. The minimum absolute atomic E-state index is 0.0816. The van der Waals surface area contributed by atoms with Crippen LogP contribution in [0.5, 0.6) is 0 Å². The van der Waals surface area contributed by atoms with Crippen molar-refractivity contribution in [3.63, 3.8) is 0 Å². The Bertz CT molecular complexity index is 1030. The summed E-state index contributed by atoms with van der Waals surface area (Å²) in [7, 11) is -3.63. The summed E-state index contributed by atoms with van der Waals surface area (Å²) in [6, 6.07) is 13.9. The maximum Gasteiger partial charge on any atom is 0.227 e. The molecule has 2 aliphatic rings. The summed E-state index contributed by atoms with van der Waals surface area (Å²) in [6.07, 6.45) is 4.62. The molecular formula is C24H30FN3O3S. The minimum atomic E-state index is -3.63. The first-order chi connectivity index (χ1) is 15.4. The molecule has 2 aromatic carbocycles. The second kappa shape index (κ2) is 10.0. The number of rotatable bonds is 6. The van der Waals surface area contributed by atoms with Crippen molar-refractivity contribution in [2.75, 3.05) is 36.4 Å². The van der Waals surface area contributed by atoms with E-state index in [1.54, 1.807) is 6.07 Å². The summed E-state index contributed by atoms with van der Waals surface area (Å²) >= 11 is 0. The van der Waals surface area contributed by atoms with E-state index in [2.05, 4.69) is 10.2 Å². The predicted octanol–water partition coefficient (Wildman–Crippen LogP) is 4.00. The number of anilines is 2. The zero-order valence-electron chi connectivity index (χ0n) is 18.2. The fourth-order valence-corrected chi connectivity index (χ4v) is 6.03. The molecule has 0 aliphatic carbocycles. The summed E-state index contributed by atoms with van der Waals surface area (Å²) in [6.45, 7) is 2.68. The summed E-state index contributed by atoms with van der Waals surface area (Å²) in [5.74, 6) is -1.20. The standard InChI is InChI=1S/C24H30FN3O3S/c25-23-7-3-2-6-20(23)18-32(30,31)28-16-12-19(13-17-28)24(29)26-21-8-10-22(11-9-21)27-14-4-1-5-15-27/h2-3,6-11,19H,1,4-5,12-18H2,(H,26,29). The number of amides is 1. The van der Waals surface area contributed by atoms with E-state index in [0.29, 0.717) is 12.8 Å². The molecule has 8 heteroatoms. The van der Waals surface area contributed by atoms with Crippen LogP contribution in [0.3, 0.4) is 0 Å². The Morgan fingerprint density at radius 1 is 0.938 bits per heavy atom. The second-order valence-corrected chi connectivity index (χ2v) is 10.6. The van der Waals surface area contributed by atoms with Crippen LogP contribution in [-0.4, -0.2) is 44.8 Å². The van der Waals surface area contributed by atoms with Crippen molar-refractivity contribution in [1.29, 1.82) is 0 Å². The molecule has 0 spiro atoms. The van der Waals surface area contributed by atoms with Crippen LogP contribution >= 0.6 is 0 Å². The Morgan fingerprint density at radius 3 is 2.25 bits per heavy atom. The molecule has 172 valence electrons. The zero-order valence-corrected chi connectivity index (χ0v) is 19.0.